The van der Waals surface area contributed by atoms with Crippen molar-refractivity contribution in [2.45, 2.75) is 334 Å². The van der Waals surface area contributed by atoms with E-state index in [1.165, 1.54) is 250 Å². The summed E-state index contributed by atoms with van der Waals surface area (Å²) in [6.45, 7) is 4.65. The number of aliphatic hydroxyl groups excluding tert-OH is 1. The van der Waals surface area contributed by atoms with Crippen LogP contribution in [-0.4, -0.2) is 68.5 Å². The van der Waals surface area contributed by atoms with Crippen molar-refractivity contribution in [2.75, 3.05) is 40.9 Å². The molecule has 0 rings (SSSR count). The summed E-state index contributed by atoms with van der Waals surface area (Å²) in [5, 5.41) is 13.9. The Morgan fingerprint density at radius 3 is 1.13 bits per heavy atom. The van der Waals surface area contributed by atoms with E-state index in [-0.39, 0.29) is 12.5 Å². The minimum Gasteiger partial charge on any atom is -0.756 e. The van der Waals surface area contributed by atoms with Crippen molar-refractivity contribution in [2.24, 2.45) is 0 Å². The van der Waals surface area contributed by atoms with Crippen LogP contribution in [0.15, 0.2) is 60.8 Å². The number of hydrogen-bond acceptors (Lipinski definition) is 6. The largest absolute Gasteiger partial charge is 0.756 e. The summed E-state index contributed by atoms with van der Waals surface area (Å²) in [4.78, 5) is 25.5. The Kier molecular flexibility index (Phi) is 58.4. The Morgan fingerprint density at radius 2 is 0.756 bits per heavy atom. The highest BCUT2D eigenvalue weighted by Crippen LogP contribution is 2.38. The van der Waals surface area contributed by atoms with Crippen LogP contribution in [0.5, 0.6) is 0 Å². The number of nitrogens with one attached hydrogen (secondary N) is 1. The topological polar surface area (TPSA) is 108 Å². The number of likely N-dealkylation sites (N-methyl/N-ethyl adjacent to an activating group) is 1. The number of phosphoric ester groups is 1. The molecule has 9 heteroatoms. The lowest BCUT2D eigenvalue weighted by Crippen LogP contribution is -2.45. The van der Waals surface area contributed by atoms with Crippen molar-refractivity contribution in [3.05, 3.63) is 60.8 Å². The molecule has 458 valence electrons. The van der Waals surface area contributed by atoms with E-state index in [0.29, 0.717) is 17.4 Å². The molecule has 0 fully saturated rings. The molecule has 0 bridgehead atoms. The first-order valence-corrected chi connectivity index (χ1v) is 35.1. The fourth-order valence-corrected chi connectivity index (χ4v) is 10.7. The first kappa shape index (κ1) is 76.2. The standard InChI is InChI=1S/C69H131N2O6P/c1-6-8-10-12-14-16-18-20-22-24-25-26-27-28-29-30-31-32-33-34-35-36-37-38-39-40-41-42-43-44-45-47-49-51-53-55-57-59-61-63-69(73)70-67(66-77-78(74,75)76-65-64-71(3,4)5)68(72)62-60-58-56-54-52-50-48-46-23-21-19-17-15-13-11-9-7-2/h18,20,24-25,27-28,52,54,60,62,67-68,72H,6-17,19,21-23,26,29-51,53,55-59,61,63-66H2,1-5H3,(H-,70,73,74,75)/b20-18-,25-24-,28-27-,54-52+,62-60+. The number of amides is 1. The molecule has 0 aliphatic heterocycles. The van der Waals surface area contributed by atoms with E-state index in [1.54, 1.807) is 6.08 Å². The second-order valence-corrected chi connectivity index (χ2v) is 25.6. The molecule has 0 saturated heterocycles. The van der Waals surface area contributed by atoms with Gasteiger partial charge in [-0.1, -0.05) is 306 Å². The Bertz CT molecular complexity index is 1450. The fourth-order valence-electron chi connectivity index (χ4n) is 9.94. The van der Waals surface area contributed by atoms with E-state index in [1.807, 2.05) is 27.2 Å². The average Bonchev–Trinajstić information content (AvgIpc) is 3.40. The van der Waals surface area contributed by atoms with Crippen LogP contribution in [0.1, 0.15) is 322 Å². The van der Waals surface area contributed by atoms with Gasteiger partial charge in [-0.25, -0.2) is 0 Å². The molecule has 3 unspecified atom stereocenters. The molecule has 8 nitrogen and oxygen atoms in total. The van der Waals surface area contributed by atoms with Gasteiger partial charge in [-0.2, -0.15) is 0 Å². The van der Waals surface area contributed by atoms with Crippen molar-refractivity contribution in [1.29, 1.82) is 0 Å². The number of aliphatic hydroxyl groups is 1. The summed E-state index contributed by atoms with van der Waals surface area (Å²) in [5.74, 6) is -0.203. The molecule has 0 aliphatic carbocycles. The number of quaternary nitrogens is 1. The fraction of sp³-hybridized carbons (Fsp3) is 0.841. The van der Waals surface area contributed by atoms with Crippen molar-refractivity contribution in [3.63, 3.8) is 0 Å². The van der Waals surface area contributed by atoms with Gasteiger partial charge in [-0.05, 0) is 70.6 Å². The molecular formula is C69H131N2O6P. The van der Waals surface area contributed by atoms with Gasteiger partial charge in [-0.3, -0.25) is 9.36 Å². The van der Waals surface area contributed by atoms with Crippen molar-refractivity contribution >= 4 is 13.7 Å². The Labute approximate surface area is 485 Å². The number of allylic oxidation sites excluding steroid dienone is 9. The van der Waals surface area contributed by atoms with E-state index in [2.05, 4.69) is 67.8 Å². The van der Waals surface area contributed by atoms with E-state index >= 15 is 0 Å². The predicted molar refractivity (Wildman–Crippen MR) is 339 cm³/mol. The van der Waals surface area contributed by atoms with E-state index < -0.39 is 26.6 Å². The third-order valence-electron chi connectivity index (χ3n) is 15.2. The van der Waals surface area contributed by atoms with Crippen LogP contribution in [0.2, 0.25) is 0 Å². The smallest absolute Gasteiger partial charge is 0.268 e. The highest BCUT2D eigenvalue weighted by Gasteiger charge is 2.23. The van der Waals surface area contributed by atoms with Crippen molar-refractivity contribution in [3.8, 4) is 0 Å². The Hall–Kier alpha value is -1.80. The molecule has 0 heterocycles. The SMILES string of the molecule is CCCCCCC/C=C\C/C=C\C/C=C\CCCCCCCCCCCCCCCCCCCCCCCCCCC(=O)NC(COP(=O)([O-])OCC[N+](C)(C)C)C(O)/C=C/CC/C=C/CCCCCCCCCCCCC. The first-order chi connectivity index (χ1) is 38.0. The van der Waals surface area contributed by atoms with E-state index in [9.17, 15) is 19.4 Å². The zero-order chi connectivity index (χ0) is 57.0. The number of hydrogen-bond donors (Lipinski definition) is 2. The molecule has 3 atom stereocenters. The first-order valence-electron chi connectivity index (χ1n) is 33.7. The summed E-state index contributed by atoms with van der Waals surface area (Å²) >= 11 is 0. The predicted octanol–water partition coefficient (Wildman–Crippen LogP) is 20.6. The minimum atomic E-state index is -4.61. The van der Waals surface area contributed by atoms with Gasteiger partial charge in [0.2, 0.25) is 5.91 Å². The quantitative estimate of drug-likeness (QED) is 0.0272. The number of phosphoric acid groups is 1. The Morgan fingerprint density at radius 1 is 0.449 bits per heavy atom. The number of nitrogens with zero attached hydrogens (tertiary/aromatic N) is 1. The highest BCUT2D eigenvalue weighted by atomic mass is 31.2. The minimum absolute atomic E-state index is 0.00570. The van der Waals surface area contributed by atoms with Gasteiger partial charge in [0.1, 0.15) is 13.2 Å². The molecule has 0 aromatic heterocycles. The summed E-state index contributed by atoms with van der Waals surface area (Å²) in [6.07, 6.45) is 82.0. The molecule has 2 N–H and O–H groups in total. The number of unbranched alkanes of at least 4 members (excludes halogenated alkanes) is 41. The molecule has 1 amide bonds. The van der Waals surface area contributed by atoms with Crippen LogP contribution in [-0.2, 0) is 18.4 Å². The zero-order valence-electron chi connectivity index (χ0n) is 52.4. The van der Waals surface area contributed by atoms with Crippen LogP contribution in [0.25, 0.3) is 0 Å². The number of carbonyl (C=O) groups is 1. The molecule has 0 radical (unpaired) electrons. The molecule has 0 spiro atoms. The van der Waals surface area contributed by atoms with Gasteiger partial charge in [0.15, 0.2) is 0 Å². The number of carbonyl (C=O) groups excluding carboxylic acids is 1. The molecule has 0 aromatic carbocycles. The average molecular weight is 1120 g/mol. The lowest BCUT2D eigenvalue weighted by Gasteiger charge is -2.29. The van der Waals surface area contributed by atoms with Gasteiger partial charge in [0, 0.05) is 6.42 Å². The monoisotopic (exact) mass is 1110 g/mol. The van der Waals surface area contributed by atoms with Crippen LogP contribution in [0.4, 0.5) is 0 Å². The summed E-state index contributed by atoms with van der Waals surface area (Å²) in [5.41, 5.74) is 0. The normalized spacial score (nSPS) is 14.1. The lowest BCUT2D eigenvalue weighted by atomic mass is 10.0. The second-order valence-electron chi connectivity index (χ2n) is 24.2. The number of rotatable bonds is 62. The van der Waals surface area contributed by atoms with Crippen LogP contribution in [0.3, 0.4) is 0 Å². The maximum Gasteiger partial charge on any atom is 0.268 e. The third kappa shape index (κ3) is 61.8. The van der Waals surface area contributed by atoms with Crippen LogP contribution >= 0.6 is 7.82 Å². The summed E-state index contributed by atoms with van der Waals surface area (Å²) in [6, 6.07) is -0.903. The third-order valence-corrected chi connectivity index (χ3v) is 16.2. The molecule has 0 aliphatic rings. The Balaban J connectivity index is 3.95. The molecular weight excluding hydrogens is 984 g/mol. The van der Waals surface area contributed by atoms with E-state index in [0.717, 1.165) is 51.4 Å². The molecule has 78 heavy (non-hydrogen) atoms. The van der Waals surface area contributed by atoms with Crippen molar-refractivity contribution in [1.82, 2.24) is 5.32 Å². The highest BCUT2D eigenvalue weighted by molar-refractivity contribution is 7.45. The second kappa shape index (κ2) is 59.8. The van der Waals surface area contributed by atoms with Gasteiger partial charge in [0.05, 0.1) is 39.9 Å². The zero-order valence-corrected chi connectivity index (χ0v) is 53.3. The maximum atomic E-state index is 13.0. The van der Waals surface area contributed by atoms with Gasteiger partial charge >= 0.3 is 0 Å². The molecule has 0 aromatic rings. The lowest BCUT2D eigenvalue weighted by molar-refractivity contribution is -0.870. The van der Waals surface area contributed by atoms with Crippen LogP contribution in [0, 0.1) is 0 Å². The van der Waals surface area contributed by atoms with Crippen LogP contribution < -0.4 is 10.2 Å². The molecule has 0 saturated carbocycles. The van der Waals surface area contributed by atoms with Gasteiger partial charge < -0.3 is 28.8 Å². The van der Waals surface area contributed by atoms with E-state index in [4.69, 9.17) is 9.05 Å². The summed E-state index contributed by atoms with van der Waals surface area (Å²) in [7, 11) is 1.25. The van der Waals surface area contributed by atoms with Gasteiger partial charge in [0.25, 0.3) is 7.82 Å². The maximum absolute atomic E-state index is 13.0. The van der Waals surface area contributed by atoms with Gasteiger partial charge in [-0.15, -0.1) is 0 Å². The van der Waals surface area contributed by atoms with Crippen molar-refractivity contribution < 1.29 is 32.9 Å². The summed E-state index contributed by atoms with van der Waals surface area (Å²) < 4.78 is 23.4.